The second-order valence-corrected chi connectivity index (χ2v) is 8.16. The van der Waals surface area contributed by atoms with Crippen LogP contribution in [0.2, 0.25) is 0 Å². The van der Waals surface area contributed by atoms with Gasteiger partial charge in [0.1, 0.15) is 17.1 Å². The summed E-state index contributed by atoms with van der Waals surface area (Å²) in [6.45, 7) is 1.93. The molecule has 0 amide bonds. The Morgan fingerprint density at radius 2 is 1.71 bits per heavy atom. The van der Waals surface area contributed by atoms with Crippen LogP contribution in [-0.2, 0) is 12.6 Å². The molecule has 174 valence electrons. The number of hydrogen-bond donors (Lipinski definition) is 0. The zero-order valence-electron chi connectivity index (χ0n) is 17.6. The van der Waals surface area contributed by atoms with E-state index in [1.807, 2.05) is 6.92 Å². The molecule has 9 heteroatoms. The van der Waals surface area contributed by atoms with Crippen molar-refractivity contribution in [2.45, 2.75) is 19.5 Å². The summed E-state index contributed by atoms with van der Waals surface area (Å²) in [7, 11) is 0. The first-order chi connectivity index (χ1) is 16.2. The monoisotopic (exact) mass is 532 g/mol. The first-order valence-corrected chi connectivity index (χ1v) is 10.9. The molecule has 5 nitrogen and oxygen atoms in total. The number of ether oxygens (including phenoxy) is 2. The van der Waals surface area contributed by atoms with Crippen LogP contribution in [0.3, 0.4) is 0 Å². The number of benzene rings is 3. The van der Waals surface area contributed by atoms with Crippen LogP contribution in [-0.4, -0.2) is 5.97 Å². The minimum absolute atomic E-state index is 0.0638. The Balaban J connectivity index is 1.73. The molecule has 4 aromatic rings. The number of rotatable bonds is 5. The molecule has 0 saturated heterocycles. The average Bonchev–Trinajstić information content (AvgIpc) is 2.80. The van der Waals surface area contributed by atoms with Gasteiger partial charge in [-0.2, -0.15) is 13.2 Å². The highest BCUT2D eigenvalue weighted by Crippen LogP contribution is 2.38. The van der Waals surface area contributed by atoms with Gasteiger partial charge in [0.25, 0.3) is 5.76 Å². The minimum atomic E-state index is -5.00. The number of halogens is 4. The van der Waals surface area contributed by atoms with E-state index in [0.717, 1.165) is 18.1 Å². The van der Waals surface area contributed by atoms with Gasteiger partial charge in [-0.25, -0.2) is 4.79 Å². The molecule has 0 fully saturated rings. The number of carbonyl (C=O) groups excluding carboxylic acids is 1. The molecule has 0 atom stereocenters. The zero-order chi connectivity index (χ0) is 24.5. The topological polar surface area (TPSA) is 65.7 Å². The Kier molecular flexibility index (Phi) is 6.47. The second kappa shape index (κ2) is 9.34. The van der Waals surface area contributed by atoms with Crippen molar-refractivity contribution in [2.75, 3.05) is 0 Å². The van der Waals surface area contributed by atoms with Gasteiger partial charge in [-0.3, -0.25) is 4.79 Å². The highest BCUT2D eigenvalue weighted by atomic mass is 79.9. The lowest BCUT2D eigenvalue weighted by Gasteiger charge is -2.14. The lowest BCUT2D eigenvalue weighted by Crippen LogP contribution is -2.15. The largest absolute Gasteiger partial charge is 0.453 e. The SMILES string of the molecule is CCc1ccc(Oc2c(C(F)(F)F)oc3cc(OC(=O)c4cccc(Br)c4)ccc3c2=O)cc1. The number of aryl methyl sites for hydroxylation is 1. The molecule has 4 rings (SSSR count). The summed E-state index contributed by atoms with van der Waals surface area (Å²) in [5.74, 6) is -3.30. The fourth-order valence-electron chi connectivity index (χ4n) is 3.19. The predicted octanol–water partition coefficient (Wildman–Crippen LogP) is 7.15. The van der Waals surface area contributed by atoms with E-state index in [4.69, 9.17) is 13.9 Å². The molecule has 0 aliphatic rings. The smallest absolute Gasteiger partial charge is 0.449 e. The maximum Gasteiger partial charge on any atom is 0.453 e. The Bertz CT molecular complexity index is 1430. The molecule has 0 bridgehead atoms. The molecule has 3 aromatic carbocycles. The second-order valence-electron chi connectivity index (χ2n) is 7.24. The third-order valence-electron chi connectivity index (χ3n) is 4.90. The number of carbonyl (C=O) groups is 1. The normalized spacial score (nSPS) is 11.4. The van der Waals surface area contributed by atoms with Gasteiger partial charge in [0.15, 0.2) is 0 Å². The van der Waals surface area contributed by atoms with Crippen molar-refractivity contribution in [1.82, 2.24) is 0 Å². The van der Waals surface area contributed by atoms with Crippen LogP contribution in [0.5, 0.6) is 17.2 Å². The van der Waals surface area contributed by atoms with Crippen molar-refractivity contribution in [3.8, 4) is 17.2 Å². The average molecular weight is 533 g/mol. The van der Waals surface area contributed by atoms with Crippen LogP contribution in [0.15, 0.2) is 80.4 Å². The first kappa shape index (κ1) is 23.6. The van der Waals surface area contributed by atoms with E-state index in [2.05, 4.69) is 15.9 Å². The summed E-state index contributed by atoms with van der Waals surface area (Å²) >= 11 is 3.24. The summed E-state index contributed by atoms with van der Waals surface area (Å²) in [5.41, 5.74) is -0.216. The summed E-state index contributed by atoms with van der Waals surface area (Å²) in [6.07, 6.45) is -4.27. The van der Waals surface area contributed by atoms with Gasteiger partial charge in [-0.15, -0.1) is 0 Å². The molecule has 0 unspecified atom stereocenters. The molecule has 1 aromatic heterocycles. The van der Waals surface area contributed by atoms with E-state index in [-0.39, 0.29) is 22.4 Å². The molecular weight excluding hydrogens is 517 g/mol. The van der Waals surface area contributed by atoms with Crippen molar-refractivity contribution < 1.29 is 31.9 Å². The molecule has 0 spiro atoms. The van der Waals surface area contributed by atoms with Gasteiger partial charge in [-0.1, -0.05) is 41.1 Å². The number of alkyl halides is 3. The number of esters is 1. The molecule has 1 heterocycles. The fraction of sp³-hybridized carbons (Fsp3) is 0.120. The number of hydrogen-bond acceptors (Lipinski definition) is 5. The van der Waals surface area contributed by atoms with Gasteiger partial charge >= 0.3 is 12.1 Å². The van der Waals surface area contributed by atoms with Gasteiger partial charge in [-0.05, 0) is 54.4 Å². The molecule has 34 heavy (non-hydrogen) atoms. The number of fused-ring (bicyclic) bond motifs is 1. The van der Waals surface area contributed by atoms with Crippen LogP contribution in [0, 0.1) is 0 Å². The van der Waals surface area contributed by atoms with Crippen LogP contribution in [0.25, 0.3) is 11.0 Å². The summed E-state index contributed by atoms with van der Waals surface area (Å²) < 4.78 is 57.5. The van der Waals surface area contributed by atoms with E-state index in [1.54, 1.807) is 24.3 Å². The molecule has 0 saturated carbocycles. The van der Waals surface area contributed by atoms with E-state index < -0.39 is 34.7 Å². The van der Waals surface area contributed by atoms with Crippen LogP contribution < -0.4 is 14.9 Å². The third-order valence-corrected chi connectivity index (χ3v) is 5.40. The molecule has 0 N–H and O–H groups in total. The van der Waals surface area contributed by atoms with Gasteiger partial charge in [0.05, 0.1) is 10.9 Å². The van der Waals surface area contributed by atoms with Crippen molar-refractivity contribution in [3.05, 3.63) is 98.3 Å². The standard InChI is InChI=1S/C25H16BrF3O5/c1-2-14-6-8-17(9-7-14)32-22-21(30)19-11-10-18(13-20(19)34-23(22)25(27,28)29)33-24(31)15-4-3-5-16(26)12-15/h3-13H,2H2,1H3. The maximum atomic E-state index is 13.7. The van der Waals surface area contributed by atoms with Gasteiger partial charge in [0, 0.05) is 10.5 Å². The van der Waals surface area contributed by atoms with Crippen LogP contribution in [0.1, 0.15) is 28.6 Å². The Hall–Kier alpha value is -3.59. The Morgan fingerprint density at radius 1 is 1.00 bits per heavy atom. The minimum Gasteiger partial charge on any atom is -0.449 e. The van der Waals surface area contributed by atoms with Crippen molar-refractivity contribution in [2.24, 2.45) is 0 Å². The molecule has 0 aliphatic carbocycles. The third kappa shape index (κ3) is 4.99. The summed E-state index contributed by atoms with van der Waals surface area (Å²) in [5, 5.41) is -0.157. The van der Waals surface area contributed by atoms with E-state index >= 15 is 0 Å². The van der Waals surface area contributed by atoms with E-state index in [9.17, 15) is 22.8 Å². The van der Waals surface area contributed by atoms with Gasteiger partial charge in [0.2, 0.25) is 11.2 Å². The Morgan fingerprint density at radius 3 is 2.35 bits per heavy atom. The van der Waals surface area contributed by atoms with Crippen molar-refractivity contribution >= 4 is 32.9 Å². The molecular formula is C25H16BrF3O5. The van der Waals surface area contributed by atoms with Crippen LogP contribution in [0.4, 0.5) is 13.2 Å². The predicted molar refractivity (Wildman–Crippen MR) is 122 cm³/mol. The van der Waals surface area contributed by atoms with Crippen molar-refractivity contribution in [3.63, 3.8) is 0 Å². The molecule has 0 aliphatic heterocycles. The lowest BCUT2D eigenvalue weighted by molar-refractivity contribution is -0.154. The molecule has 0 radical (unpaired) electrons. The highest BCUT2D eigenvalue weighted by Gasteiger charge is 2.40. The maximum absolute atomic E-state index is 13.7. The van der Waals surface area contributed by atoms with Crippen LogP contribution >= 0.6 is 15.9 Å². The van der Waals surface area contributed by atoms with Crippen molar-refractivity contribution in [1.29, 1.82) is 0 Å². The Labute approximate surface area is 199 Å². The van der Waals surface area contributed by atoms with Gasteiger partial charge < -0.3 is 13.9 Å². The fourth-order valence-corrected chi connectivity index (χ4v) is 3.59. The first-order valence-electron chi connectivity index (χ1n) is 10.1. The summed E-state index contributed by atoms with van der Waals surface area (Å²) in [4.78, 5) is 25.3. The quantitative estimate of drug-likeness (QED) is 0.202. The summed E-state index contributed by atoms with van der Waals surface area (Å²) in [6, 6.07) is 16.3. The zero-order valence-corrected chi connectivity index (χ0v) is 19.2. The highest BCUT2D eigenvalue weighted by molar-refractivity contribution is 9.10. The van der Waals surface area contributed by atoms with E-state index in [1.165, 1.54) is 36.4 Å². The lowest BCUT2D eigenvalue weighted by atomic mass is 10.1. The van der Waals surface area contributed by atoms with E-state index in [0.29, 0.717) is 4.47 Å².